The molecule has 1 aliphatic carbocycles. The molecular formula is C36H38N4O4. The van der Waals surface area contributed by atoms with Crippen molar-refractivity contribution in [3.8, 4) is 11.8 Å². The van der Waals surface area contributed by atoms with Crippen molar-refractivity contribution in [1.29, 1.82) is 5.26 Å². The monoisotopic (exact) mass is 590 g/mol. The minimum absolute atomic E-state index is 0.0964. The molecule has 8 heteroatoms. The number of hydrogen-bond donors (Lipinski definition) is 2. The summed E-state index contributed by atoms with van der Waals surface area (Å²) in [7, 11) is 0. The SMILES string of the molecule is N#Cc1ccc(C(C(=O)NCCc2cccc(O)c2)N2C(=O)C3Cc4ccccc4CN3C(=O)C2CC2CCCCC2)cc1. The molecule has 2 heterocycles. The highest BCUT2D eigenvalue weighted by molar-refractivity contribution is 6.00. The van der Waals surface area contributed by atoms with Crippen LogP contribution in [0.4, 0.5) is 0 Å². The second-order valence-corrected chi connectivity index (χ2v) is 12.3. The molecule has 0 radical (unpaired) electrons. The van der Waals surface area contributed by atoms with Crippen LogP contribution in [0.5, 0.6) is 5.75 Å². The van der Waals surface area contributed by atoms with Crippen LogP contribution in [0.3, 0.4) is 0 Å². The largest absolute Gasteiger partial charge is 0.508 e. The Morgan fingerprint density at radius 3 is 2.43 bits per heavy atom. The lowest BCUT2D eigenvalue weighted by Gasteiger charge is -2.50. The Balaban J connectivity index is 1.36. The molecule has 3 aliphatic rings. The molecule has 0 spiro atoms. The lowest BCUT2D eigenvalue weighted by molar-refractivity contribution is -0.169. The number of carbonyl (C=O) groups is 3. The molecule has 3 unspecified atom stereocenters. The number of nitrogens with one attached hydrogen (secondary N) is 1. The highest BCUT2D eigenvalue weighted by Crippen LogP contribution is 2.38. The van der Waals surface area contributed by atoms with Gasteiger partial charge >= 0.3 is 0 Å². The van der Waals surface area contributed by atoms with Gasteiger partial charge in [-0.1, -0.05) is 80.6 Å². The summed E-state index contributed by atoms with van der Waals surface area (Å²) in [6, 6.07) is 21.2. The van der Waals surface area contributed by atoms with E-state index < -0.39 is 18.1 Å². The van der Waals surface area contributed by atoms with Crippen LogP contribution >= 0.6 is 0 Å². The number of hydrogen-bond acceptors (Lipinski definition) is 5. The van der Waals surface area contributed by atoms with Crippen LogP contribution in [0.1, 0.15) is 72.4 Å². The average Bonchev–Trinajstić information content (AvgIpc) is 3.05. The topological polar surface area (TPSA) is 114 Å². The van der Waals surface area contributed by atoms with Crippen molar-refractivity contribution in [3.63, 3.8) is 0 Å². The number of piperazine rings is 1. The van der Waals surface area contributed by atoms with Crippen molar-refractivity contribution in [2.75, 3.05) is 6.54 Å². The molecule has 226 valence electrons. The lowest BCUT2D eigenvalue weighted by atomic mass is 9.81. The fraction of sp³-hybridized carbons (Fsp3) is 0.389. The Labute approximate surface area is 258 Å². The second kappa shape index (κ2) is 12.9. The van der Waals surface area contributed by atoms with Gasteiger partial charge in [0.2, 0.25) is 17.7 Å². The number of benzene rings is 3. The normalized spacial score (nSPS) is 20.8. The fourth-order valence-corrected chi connectivity index (χ4v) is 7.19. The van der Waals surface area contributed by atoms with Crippen LogP contribution in [0.25, 0.3) is 0 Å². The molecule has 1 saturated carbocycles. The van der Waals surface area contributed by atoms with Crippen molar-refractivity contribution in [2.24, 2.45) is 5.92 Å². The number of aromatic hydroxyl groups is 1. The van der Waals surface area contributed by atoms with Crippen LogP contribution in [-0.2, 0) is 33.8 Å². The Hall–Kier alpha value is -4.64. The molecular weight excluding hydrogens is 552 g/mol. The minimum atomic E-state index is -1.03. The summed E-state index contributed by atoms with van der Waals surface area (Å²) in [6.07, 6.45) is 6.84. The molecule has 3 atom stereocenters. The standard InChI is InChI=1S/C36H38N4O4/c37-22-26-13-15-27(16-14-26)33(34(42)38-18-17-25-9-6-12-30(41)19-25)40-32(20-24-7-2-1-3-8-24)35(43)39-23-29-11-5-4-10-28(29)21-31(39)36(40)44/h4-6,9-16,19,24,31-33,41H,1-3,7-8,17-18,20-21,23H2,(H,38,42). The summed E-state index contributed by atoms with van der Waals surface area (Å²) >= 11 is 0. The molecule has 2 fully saturated rings. The summed E-state index contributed by atoms with van der Waals surface area (Å²) in [6.45, 7) is 0.680. The van der Waals surface area contributed by atoms with Crippen LogP contribution < -0.4 is 5.32 Å². The summed E-state index contributed by atoms with van der Waals surface area (Å²) in [5, 5.41) is 22.3. The summed E-state index contributed by atoms with van der Waals surface area (Å²) < 4.78 is 0. The van der Waals surface area contributed by atoms with E-state index in [-0.39, 0.29) is 23.5 Å². The molecule has 0 bridgehead atoms. The quantitative estimate of drug-likeness (QED) is 0.391. The van der Waals surface area contributed by atoms with Crippen molar-refractivity contribution >= 4 is 17.7 Å². The average molecular weight is 591 g/mol. The summed E-state index contributed by atoms with van der Waals surface area (Å²) in [5.41, 5.74) is 4.00. The maximum atomic E-state index is 14.6. The molecule has 3 amide bonds. The van der Waals surface area contributed by atoms with Crippen molar-refractivity contribution in [1.82, 2.24) is 15.1 Å². The zero-order chi connectivity index (χ0) is 30.6. The van der Waals surface area contributed by atoms with Gasteiger partial charge in [-0.15, -0.1) is 0 Å². The van der Waals surface area contributed by atoms with Crippen molar-refractivity contribution in [2.45, 2.75) is 76.0 Å². The van der Waals surface area contributed by atoms with E-state index in [0.717, 1.165) is 42.4 Å². The van der Waals surface area contributed by atoms with E-state index in [0.29, 0.717) is 49.4 Å². The predicted octanol–water partition coefficient (Wildman–Crippen LogP) is 4.80. The number of amides is 3. The second-order valence-electron chi connectivity index (χ2n) is 12.3. The number of phenolic OH excluding ortho intramolecular Hbond substituents is 1. The fourth-order valence-electron chi connectivity index (χ4n) is 7.19. The van der Waals surface area contributed by atoms with Crippen LogP contribution in [0.2, 0.25) is 0 Å². The van der Waals surface area contributed by atoms with Crippen molar-refractivity contribution in [3.05, 3.63) is 101 Å². The zero-order valence-corrected chi connectivity index (χ0v) is 24.8. The molecule has 3 aromatic rings. The molecule has 2 aliphatic heterocycles. The van der Waals surface area contributed by atoms with E-state index in [1.165, 1.54) is 6.42 Å². The summed E-state index contributed by atoms with van der Waals surface area (Å²) in [4.78, 5) is 46.5. The van der Waals surface area contributed by atoms with Crippen molar-refractivity contribution < 1.29 is 19.5 Å². The first-order chi connectivity index (χ1) is 21.4. The maximum absolute atomic E-state index is 14.6. The molecule has 3 aromatic carbocycles. The van der Waals surface area contributed by atoms with Crippen LogP contribution in [0.15, 0.2) is 72.8 Å². The third kappa shape index (κ3) is 6.05. The third-order valence-corrected chi connectivity index (χ3v) is 9.48. The molecule has 2 N–H and O–H groups in total. The van der Waals surface area contributed by atoms with Crippen LogP contribution in [-0.4, -0.2) is 51.3 Å². The first-order valence-electron chi connectivity index (χ1n) is 15.7. The summed E-state index contributed by atoms with van der Waals surface area (Å²) in [5.74, 6) is -0.212. The Bertz CT molecular complexity index is 1570. The Morgan fingerprint density at radius 2 is 1.70 bits per heavy atom. The molecule has 44 heavy (non-hydrogen) atoms. The van der Waals surface area contributed by atoms with Crippen LogP contribution in [0, 0.1) is 17.2 Å². The maximum Gasteiger partial charge on any atom is 0.247 e. The molecule has 8 nitrogen and oxygen atoms in total. The predicted molar refractivity (Wildman–Crippen MR) is 165 cm³/mol. The number of carbonyl (C=O) groups excluding carboxylic acids is 3. The van der Waals surface area contributed by atoms with Gasteiger partial charge in [0.15, 0.2) is 0 Å². The molecule has 1 saturated heterocycles. The first kappa shape index (κ1) is 29.4. The van der Waals surface area contributed by atoms with E-state index in [9.17, 15) is 24.8 Å². The van der Waals surface area contributed by atoms with E-state index in [2.05, 4.69) is 11.4 Å². The van der Waals surface area contributed by atoms with Gasteiger partial charge in [0.05, 0.1) is 11.6 Å². The van der Waals surface area contributed by atoms with Gasteiger partial charge in [-0.05, 0) is 65.3 Å². The lowest BCUT2D eigenvalue weighted by Crippen LogP contribution is -2.67. The van der Waals surface area contributed by atoms with E-state index in [1.54, 1.807) is 52.3 Å². The van der Waals surface area contributed by atoms with Gasteiger partial charge in [-0.2, -0.15) is 5.26 Å². The van der Waals surface area contributed by atoms with E-state index >= 15 is 0 Å². The zero-order valence-electron chi connectivity index (χ0n) is 24.8. The van der Waals surface area contributed by atoms with E-state index in [1.807, 2.05) is 30.3 Å². The highest BCUT2D eigenvalue weighted by Gasteiger charge is 2.51. The smallest absolute Gasteiger partial charge is 0.247 e. The van der Waals surface area contributed by atoms with Gasteiger partial charge in [0.1, 0.15) is 23.9 Å². The first-order valence-corrected chi connectivity index (χ1v) is 15.7. The minimum Gasteiger partial charge on any atom is -0.508 e. The van der Waals surface area contributed by atoms with E-state index in [4.69, 9.17) is 0 Å². The third-order valence-electron chi connectivity index (χ3n) is 9.48. The number of nitriles is 1. The van der Waals surface area contributed by atoms with Gasteiger partial charge in [-0.25, -0.2) is 0 Å². The molecule has 6 rings (SSSR count). The van der Waals surface area contributed by atoms with Gasteiger partial charge < -0.3 is 20.2 Å². The number of phenols is 1. The Kier molecular flexibility index (Phi) is 8.65. The highest BCUT2D eigenvalue weighted by atomic mass is 16.3. The number of fused-ring (bicyclic) bond motifs is 2. The van der Waals surface area contributed by atoms with Gasteiger partial charge in [0.25, 0.3) is 0 Å². The van der Waals surface area contributed by atoms with Gasteiger partial charge in [-0.3, -0.25) is 14.4 Å². The van der Waals surface area contributed by atoms with Gasteiger partial charge in [0, 0.05) is 19.5 Å². The Morgan fingerprint density at radius 1 is 0.955 bits per heavy atom. The molecule has 0 aromatic heterocycles. The number of nitrogens with zero attached hydrogens (tertiary/aromatic N) is 3. The number of rotatable bonds is 8.